The monoisotopic (exact) mass is 242 g/mol. The summed E-state index contributed by atoms with van der Waals surface area (Å²) in [5.74, 6) is -0.340. The maximum atomic E-state index is 11.6. The highest BCUT2D eigenvalue weighted by molar-refractivity contribution is 5.96. The van der Waals surface area contributed by atoms with Crippen LogP contribution in [0.15, 0.2) is 6.20 Å². The number of carbonyl (C=O) groups is 1. The predicted molar refractivity (Wildman–Crippen MR) is 62.5 cm³/mol. The Balaban J connectivity index is 2.37. The van der Waals surface area contributed by atoms with Crippen LogP contribution in [0.1, 0.15) is 16.9 Å². The average Bonchev–Trinajstić information content (AvgIpc) is 2.58. The number of ether oxygens (including phenoxy) is 1. The third kappa shape index (κ3) is 4.04. The van der Waals surface area contributed by atoms with Gasteiger partial charge in [-0.1, -0.05) is 0 Å². The summed E-state index contributed by atoms with van der Waals surface area (Å²) in [5, 5.41) is 15.9. The van der Waals surface area contributed by atoms with E-state index in [1.54, 1.807) is 13.2 Å². The molecule has 4 N–H and O–H groups in total. The summed E-state index contributed by atoms with van der Waals surface area (Å²) in [6, 6.07) is 0. The summed E-state index contributed by atoms with van der Waals surface area (Å²) in [6.07, 6.45) is 1.41. The molecule has 17 heavy (non-hydrogen) atoms. The Labute approximate surface area is 99.6 Å². The Kier molecular flexibility index (Phi) is 4.92. The number of carbonyl (C=O) groups excluding carboxylic acids is 1. The van der Waals surface area contributed by atoms with Crippen LogP contribution in [-0.2, 0) is 11.8 Å². The van der Waals surface area contributed by atoms with Gasteiger partial charge in [0.25, 0.3) is 5.91 Å². The highest BCUT2D eigenvalue weighted by Crippen LogP contribution is 2.07. The van der Waals surface area contributed by atoms with Crippen LogP contribution < -0.4 is 11.1 Å². The second-order valence-electron chi connectivity index (χ2n) is 3.76. The molecule has 0 fully saturated rings. The molecule has 1 rings (SSSR count). The van der Waals surface area contributed by atoms with Crippen molar-refractivity contribution in [3.05, 3.63) is 11.9 Å². The highest BCUT2D eigenvalue weighted by Gasteiger charge is 2.13. The van der Waals surface area contributed by atoms with E-state index < -0.39 is 6.10 Å². The van der Waals surface area contributed by atoms with E-state index in [1.807, 2.05) is 0 Å². The van der Waals surface area contributed by atoms with Crippen molar-refractivity contribution in [2.24, 2.45) is 7.05 Å². The minimum Gasteiger partial charge on any atom is -0.396 e. The molecule has 0 radical (unpaired) electrons. The zero-order valence-corrected chi connectivity index (χ0v) is 10.0. The fourth-order valence-corrected chi connectivity index (χ4v) is 1.40. The van der Waals surface area contributed by atoms with Gasteiger partial charge in [0.2, 0.25) is 0 Å². The molecular formula is C10H18N4O3. The lowest BCUT2D eigenvalue weighted by Crippen LogP contribution is -2.29. The van der Waals surface area contributed by atoms with E-state index >= 15 is 0 Å². The maximum Gasteiger partial charge on any atom is 0.273 e. The Morgan fingerprint density at radius 3 is 3.00 bits per heavy atom. The van der Waals surface area contributed by atoms with E-state index in [-0.39, 0.29) is 18.2 Å². The molecule has 1 atom stereocenters. The topological polar surface area (TPSA) is 102 Å². The number of nitrogen functional groups attached to an aromatic ring is 1. The lowest BCUT2D eigenvalue weighted by atomic mass is 10.2. The van der Waals surface area contributed by atoms with Crippen LogP contribution in [0.5, 0.6) is 0 Å². The molecule has 0 aromatic carbocycles. The molecule has 7 nitrogen and oxygen atoms in total. The van der Waals surface area contributed by atoms with Crippen LogP contribution in [0.2, 0.25) is 0 Å². The molecule has 96 valence electrons. The Morgan fingerprint density at radius 1 is 1.76 bits per heavy atom. The number of hydrogen-bond acceptors (Lipinski definition) is 5. The number of aliphatic hydroxyl groups is 1. The summed E-state index contributed by atoms with van der Waals surface area (Å²) < 4.78 is 6.25. The van der Waals surface area contributed by atoms with Crippen LogP contribution >= 0.6 is 0 Å². The standard InChI is InChI=1S/C10H18N4O3/c1-14-5-8(11)9(13-14)10(16)12-4-3-7(15)6-17-2/h5,7,15H,3-4,6,11H2,1-2H3,(H,12,16). The van der Waals surface area contributed by atoms with Gasteiger partial charge in [-0.3, -0.25) is 9.48 Å². The van der Waals surface area contributed by atoms with Gasteiger partial charge in [0.15, 0.2) is 5.69 Å². The average molecular weight is 242 g/mol. The van der Waals surface area contributed by atoms with Crippen molar-refractivity contribution in [1.29, 1.82) is 0 Å². The Morgan fingerprint density at radius 2 is 2.47 bits per heavy atom. The van der Waals surface area contributed by atoms with Crippen molar-refractivity contribution < 1.29 is 14.6 Å². The number of aliphatic hydroxyl groups excluding tert-OH is 1. The molecule has 0 spiro atoms. The quantitative estimate of drug-likeness (QED) is 0.601. The molecule has 7 heteroatoms. The van der Waals surface area contributed by atoms with E-state index in [4.69, 9.17) is 10.5 Å². The molecule has 1 heterocycles. The van der Waals surface area contributed by atoms with Crippen molar-refractivity contribution in [3.63, 3.8) is 0 Å². The highest BCUT2D eigenvalue weighted by atomic mass is 16.5. The lowest BCUT2D eigenvalue weighted by Gasteiger charge is -2.09. The number of hydrogen-bond donors (Lipinski definition) is 3. The van der Waals surface area contributed by atoms with Crippen LogP contribution in [0.25, 0.3) is 0 Å². The summed E-state index contributed by atoms with van der Waals surface area (Å²) in [5.41, 5.74) is 6.15. The Bertz CT molecular complexity index is 378. The van der Waals surface area contributed by atoms with E-state index in [2.05, 4.69) is 10.4 Å². The van der Waals surface area contributed by atoms with Crippen LogP contribution in [0.3, 0.4) is 0 Å². The smallest absolute Gasteiger partial charge is 0.273 e. The number of nitrogens with two attached hydrogens (primary N) is 1. The fourth-order valence-electron chi connectivity index (χ4n) is 1.40. The molecule has 0 bridgehead atoms. The lowest BCUT2D eigenvalue weighted by molar-refractivity contribution is 0.0587. The van der Waals surface area contributed by atoms with Crippen molar-refractivity contribution in [1.82, 2.24) is 15.1 Å². The fraction of sp³-hybridized carbons (Fsp3) is 0.600. The van der Waals surface area contributed by atoms with Crippen molar-refractivity contribution >= 4 is 11.6 Å². The molecule has 1 unspecified atom stereocenters. The molecule has 0 saturated carbocycles. The number of anilines is 1. The van der Waals surface area contributed by atoms with Gasteiger partial charge in [0.1, 0.15) is 0 Å². The number of amides is 1. The first-order valence-corrected chi connectivity index (χ1v) is 5.29. The number of rotatable bonds is 6. The van der Waals surface area contributed by atoms with Gasteiger partial charge >= 0.3 is 0 Å². The Hall–Kier alpha value is -1.60. The van der Waals surface area contributed by atoms with Gasteiger partial charge in [-0.2, -0.15) is 5.10 Å². The van der Waals surface area contributed by atoms with Crippen molar-refractivity contribution in [2.45, 2.75) is 12.5 Å². The maximum absolute atomic E-state index is 11.6. The van der Waals surface area contributed by atoms with Crippen LogP contribution in [0.4, 0.5) is 5.69 Å². The van der Waals surface area contributed by atoms with Gasteiger partial charge in [-0.05, 0) is 6.42 Å². The molecule has 1 amide bonds. The predicted octanol–water partition coefficient (Wildman–Crippen LogP) is -0.870. The third-order valence-corrected chi connectivity index (χ3v) is 2.19. The summed E-state index contributed by atoms with van der Waals surface area (Å²) in [4.78, 5) is 11.6. The van der Waals surface area contributed by atoms with Crippen LogP contribution in [-0.4, -0.2) is 47.2 Å². The molecule has 0 aliphatic rings. The van der Waals surface area contributed by atoms with E-state index in [1.165, 1.54) is 11.8 Å². The van der Waals surface area contributed by atoms with Crippen molar-refractivity contribution in [3.8, 4) is 0 Å². The van der Waals surface area contributed by atoms with Gasteiger partial charge < -0.3 is 20.9 Å². The number of nitrogens with one attached hydrogen (secondary N) is 1. The normalized spacial score (nSPS) is 12.4. The first kappa shape index (κ1) is 13.5. The second-order valence-corrected chi connectivity index (χ2v) is 3.76. The van der Waals surface area contributed by atoms with Gasteiger partial charge in [-0.25, -0.2) is 0 Å². The molecule has 1 aromatic heterocycles. The first-order valence-electron chi connectivity index (χ1n) is 5.29. The van der Waals surface area contributed by atoms with E-state index in [0.29, 0.717) is 18.7 Å². The largest absolute Gasteiger partial charge is 0.396 e. The summed E-state index contributed by atoms with van der Waals surface area (Å²) >= 11 is 0. The minimum atomic E-state index is -0.582. The summed E-state index contributed by atoms with van der Waals surface area (Å²) in [7, 11) is 3.20. The molecular weight excluding hydrogens is 224 g/mol. The van der Waals surface area contributed by atoms with E-state index in [9.17, 15) is 9.90 Å². The van der Waals surface area contributed by atoms with Gasteiger partial charge in [0, 0.05) is 26.9 Å². The minimum absolute atomic E-state index is 0.203. The van der Waals surface area contributed by atoms with Crippen molar-refractivity contribution in [2.75, 3.05) is 26.0 Å². The number of aromatic nitrogens is 2. The molecule has 0 saturated heterocycles. The number of aryl methyl sites for hydroxylation is 1. The van der Waals surface area contributed by atoms with Gasteiger partial charge in [-0.15, -0.1) is 0 Å². The summed E-state index contributed by atoms with van der Waals surface area (Å²) in [6.45, 7) is 0.598. The molecule has 0 aliphatic heterocycles. The molecule has 1 aromatic rings. The van der Waals surface area contributed by atoms with Crippen LogP contribution in [0, 0.1) is 0 Å². The number of nitrogens with zero attached hydrogens (tertiary/aromatic N) is 2. The first-order chi connectivity index (χ1) is 8.04. The zero-order chi connectivity index (χ0) is 12.8. The number of methoxy groups -OCH3 is 1. The van der Waals surface area contributed by atoms with E-state index in [0.717, 1.165) is 0 Å². The third-order valence-electron chi connectivity index (χ3n) is 2.19. The molecule has 0 aliphatic carbocycles. The second kappa shape index (κ2) is 6.21. The zero-order valence-electron chi connectivity index (χ0n) is 10.0. The SMILES string of the molecule is COCC(O)CCNC(=O)c1nn(C)cc1N. The van der Waals surface area contributed by atoms with Gasteiger partial charge in [0.05, 0.1) is 18.4 Å².